The molecule has 3 saturated carbocycles. The number of unbranched alkanes of at least 4 members (excludes halogenated alkanes) is 2. The van der Waals surface area contributed by atoms with Crippen LogP contribution in [0.4, 0.5) is 0 Å². The van der Waals surface area contributed by atoms with Crippen molar-refractivity contribution in [2.45, 2.75) is 89.9 Å². The number of ether oxygens (including phenoxy) is 1. The fourth-order valence-electron chi connectivity index (χ4n) is 5.11. The van der Waals surface area contributed by atoms with Gasteiger partial charge in [-0.1, -0.05) is 57.4 Å². The third-order valence-corrected chi connectivity index (χ3v) is 6.93. The first kappa shape index (κ1) is 18.5. The number of hydrogen-bond acceptors (Lipinski definition) is 1. The quantitative estimate of drug-likeness (QED) is 0.341. The molecule has 0 radical (unpaired) electrons. The van der Waals surface area contributed by atoms with Gasteiger partial charge >= 0.3 is 0 Å². The van der Waals surface area contributed by atoms with Gasteiger partial charge in [0.15, 0.2) is 0 Å². The van der Waals surface area contributed by atoms with Crippen LogP contribution in [0.1, 0.15) is 90.0 Å². The predicted molar refractivity (Wildman–Crippen MR) is 107 cm³/mol. The second-order valence-corrected chi connectivity index (χ2v) is 8.45. The average Bonchev–Trinajstić information content (AvgIpc) is 2.67. The summed E-state index contributed by atoms with van der Waals surface area (Å²) in [4.78, 5) is 0. The van der Waals surface area contributed by atoms with E-state index in [4.69, 9.17) is 4.74 Å². The zero-order valence-electron chi connectivity index (χ0n) is 16.4. The molecule has 0 N–H and O–H groups in total. The van der Waals surface area contributed by atoms with Gasteiger partial charge in [-0.05, 0) is 79.9 Å². The molecule has 0 unspecified atom stereocenters. The minimum Gasteiger partial charge on any atom is -0.490 e. The molecule has 0 aromatic heterocycles. The Labute approximate surface area is 154 Å². The van der Waals surface area contributed by atoms with Crippen molar-refractivity contribution in [1.29, 1.82) is 0 Å². The lowest BCUT2D eigenvalue weighted by molar-refractivity contribution is 0.0305. The monoisotopic (exact) mass is 340 g/mol. The maximum Gasteiger partial charge on any atom is 0.119 e. The van der Waals surface area contributed by atoms with E-state index in [0.717, 1.165) is 12.2 Å². The molecule has 3 fully saturated rings. The number of benzene rings is 1. The molecule has 1 aromatic carbocycles. The van der Waals surface area contributed by atoms with E-state index in [1.165, 1.54) is 64.2 Å². The first-order valence-corrected chi connectivity index (χ1v) is 10.6. The molecule has 3 aliphatic rings. The molecule has 4 rings (SSSR count). The van der Waals surface area contributed by atoms with Crippen LogP contribution in [0.25, 0.3) is 0 Å². The Bertz CT molecular complexity index is 529. The van der Waals surface area contributed by atoms with Gasteiger partial charge in [-0.2, -0.15) is 0 Å². The summed E-state index contributed by atoms with van der Waals surface area (Å²) in [5, 5.41) is 0. The minimum absolute atomic E-state index is 0.465. The van der Waals surface area contributed by atoms with E-state index in [1.807, 2.05) is 0 Å². The van der Waals surface area contributed by atoms with E-state index in [9.17, 15) is 0 Å². The van der Waals surface area contributed by atoms with Crippen LogP contribution in [0.2, 0.25) is 0 Å². The third kappa shape index (κ3) is 4.30. The van der Waals surface area contributed by atoms with Crippen LogP contribution < -0.4 is 4.74 Å². The van der Waals surface area contributed by atoms with Crippen molar-refractivity contribution in [2.24, 2.45) is 5.41 Å². The molecule has 0 aliphatic heterocycles. The normalized spacial score (nSPS) is 28.6. The van der Waals surface area contributed by atoms with Gasteiger partial charge in [-0.3, -0.25) is 0 Å². The predicted octanol–water partition coefficient (Wildman–Crippen LogP) is 7.20. The fraction of sp³-hybridized carbons (Fsp3) is 0.667. The van der Waals surface area contributed by atoms with Crippen molar-refractivity contribution < 1.29 is 4.74 Å². The van der Waals surface area contributed by atoms with E-state index in [2.05, 4.69) is 50.3 Å². The van der Waals surface area contributed by atoms with Crippen molar-refractivity contribution >= 4 is 0 Å². The third-order valence-electron chi connectivity index (χ3n) is 6.93. The molecule has 25 heavy (non-hydrogen) atoms. The Kier molecular flexibility index (Phi) is 6.25. The molecule has 3 aliphatic carbocycles. The van der Waals surface area contributed by atoms with Crippen LogP contribution in [0.15, 0.2) is 36.4 Å². The highest BCUT2D eigenvalue weighted by Gasteiger charge is 2.48. The number of fused-ring (bicyclic) bond motifs is 3. The summed E-state index contributed by atoms with van der Waals surface area (Å²) in [5.74, 6) is 1.00. The summed E-state index contributed by atoms with van der Waals surface area (Å²) in [6.45, 7) is 5.15. The van der Waals surface area contributed by atoms with Crippen LogP contribution in [0.5, 0.6) is 5.75 Å². The Hall–Kier alpha value is -1.24. The minimum atomic E-state index is 0.465. The summed E-state index contributed by atoms with van der Waals surface area (Å²) < 4.78 is 5.81. The molecule has 0 spiro atoms. The van der Waals surface area contributed by atoms with E-state index < -0.39 is 0 Å². The Morgan fingerprint density at radius 2 is 1.56 bits per heavy atom. The topological polar surface area (TPSA) is 9.23 Å². The zero-order valence-corrected chi connectivity index (χ0v) is 16.4. The highest BCUT2D eigenvalue weighted by Crippen LogP contribution is 2.59. The summed E-state index contributed by atoms with van der Waals surface area (Å²) in [5.41, 5.74) is 2.73. The lowest BCUT2D eigenvalue weighted by Crippen LogP contribution is -2.44. The van der Waals surface area contributed by atoms with Crippen LogP contribution in [-0.2, 0) is 5.41 Å². The van der Waals surface area contributed by atoms with Gasteiger partial charge in [0.25, 0.3) is 0 Å². The van der Waals surface area contributed by atoms with Gasteiger partial charge in [0.1, 0.15) is 12.4 Å². The van der Waals surface area contributed by atoms with Gasteiger partial charge in [-0.25, -0.2) is 0 Å². The number of hydrogen-bond donors (Lipinski definition) is 0. The Morgan fingerprint density at radius 3 is 2.16 bits per heavy atom. The molecular weight excluding hydrogens is 304 g/mol. The highest BCUT2D eigenvalue weighted by atomic mass is 16.5. The molecule has 1 aromatic rings. The number of allylic oxidation sites excluding steroid dienone is 1. The van der Waals surface area contributed by atoms with E-state index >= 15 is 0 Å². The standard InChI is InChI=1S/C24H36O/c1-3-5-7-13-23-14-17-24(18-15-23,19-16-23)21-9-11-22(12-10-21)25-20-8-6-4-2/h6,8-12H,3-5,7,13-20H2,1-2H3. The van der Waals surface area contributed by atoms with Crippen molar-refractivity contribution in [3.05, 3.63) is 42.0 Å². The molecule has 1 heteroatoms. The van der Waals surface area contributed by atoms with E-state index in [-0.39, 0.29) is 0 Å². The van der Waals surface area contributed by atoms with Crippen molar-refractivity contribution in [1.82, 2.24) is 0 Å². The van der Waals surface area contributed by atoms with E-state index in [1.54, 1.807) is 5.56 Å². The summed E-state index contributed by atoms with van der Waals surface area (Å²) in [7, 11) is 0. The molecule has 2 bridgehead atoms. The van der Waals surface area contributed by atoms with Gasteiger partial charge in [0, 0.05) is 0 Å². The van der Waals surface area contributed by atoms with Crippen molar-refractivity contribution in [2.75, 3.05) is 6.61 Å². The fourth-order valence-corrected chi connectivity index (χ4v) is 5.11. The van der Waals surface area contributed by atoms with Gasteiger partial charge in [-0.15, -0.1) is 0 Å². The maximum atomic E-state index is 5.81. The molecule has 0 atom stereocenters. The van der Waals surface area contributed by atoms with Crippen LogP contribution >= 0.6 is 0 Å². The summed E-state index contributed by atoms with van der Waals surface area (Å²) >= 11 is 0. The zero-order chi connectivity index (χ0) is 17.6. The van der Waals surface area contributed by atoms with Gasteiger partial charge in [0.05, 0.1) is 0 Å². The lowest BCUT2D eigenvalue weighted by atomic mass is 9.51. The molecule has 0 saturated heterocycles. The molecule has 138 valence electrons. The average molecular weight is 341 g/mol. The molecule has 1 nitrogen and oxygen atoms in total. The van der Waals surface area contributed by atoms with Crippen molar-refractivity contribution in [3.63, 3.8) is 0 Å². The lowest BCUT2D eigenvalue weighted by Gasteiger charge is -2.54. The number of rotatable bonds is 9. The molecule has 0 heterocycles. The maximum absolute atomic E-state index is 5.81. The first-order chi connectivity index (χ1) is 12.2. The molecule has 0 amide bonds. The SMILES string of the molecule is CCC=CCOc1ccc(C23CCC(CCCCC)(CC2)CC3)cc1. The van der Waals surface area contributed by atoms with Crippen LogP contribution in [-0.4, -0.2) is 6.61 Å². The second kappa shape index (κ2) is 8.43. The summed E-state index contributed by atoms with van der Waals surface area (Å²) in [6, 6.07) is 9.05. The molecular formula is C24H36O. The van der Waals surface area contributed by atoms with Gasteiger partial charge in [0.2, 0.25) is 0 Å². The van der Waals surface area contributed by atoms with Crippen molar-refractivity contribution in [3.8, 4) is 5.75 Å². The van der Waals surface area contributed by atoms with Gasteiger partial charge < -0.3 is 4.74 Å². The Morgan fingerprint density at radius 1 is 0.880 bits per heavy atom. The largest absolute Gasteiger partial charge is 0.490 e. The second-order valence-electron chi connectivity index (χ2n) is 8.45. The van der Waals surface area contributed by atoms with E-state index in [0.29, 0.717) is 17.4 Å². The highest BCUT2D eigenvalue weighted by molar-refractivity contribution is 5.34. The van der Waals surface area contributed by atoms with Crippen LogP contribution in [0.3, 0.4) is 0 Å². The first-order valence-electron chi connectivity index (χ1n) is 10.6. The smallest absolute Gasteiger partial charge is 0.119 e. The summed E-state index contributed by atoms with van der Waals surface area (Å²) in [6.07, 6.45) is 19.6. The Balaban J connectivity index is 1.57. The van der Waals surface area contributed by atoms with Crippen LogP contribution in [0, 0.1) is 5.41 Å².